The molecular formula is C20H15Cl2IN2O3S. The van der Waals surface area contributed by atoms with Gasteiger partial charge in [-0.25, -0.2) is 0 Å². The summed E-state index contributed by atoms with van der Waals surface area (Å²) in [6, 6.07) is 10.6. The first kappa shape index (κ1) is 22.0. The molecule has 1 fully saturated rings. The molecule has 5 nitrogen and oxygen atoms in total. The Morgan fingerprint density at radius 3 is 2.31 bits per heavy atom. The minimum absolute atomic E-state index is 0.0565. The number of benzene rings is 2. The number of hydrogen-bond donors (Lipinski definition) is 0. The zero-order valence-corrected chi connectivity index (χ0v) is 19.9. The summed E-state index contributed by atoms with van der Waals surface area (Å²) < 4.78 is 6.68. The van der Waals surface area contributed by atoms with Crippen LogP contribution in [0.4, 0.5) is 0 Å². The van der Waals surface area contributed by atoms with Gasteiger partial charge in [-0.2, -0.15) is 0 Å². The molecule has 9 heteroatoms. The smallest absolute Gasteiger partial charge is 0.265 e. The van der Waals surface area contributed by atoms with Gasteiger partial charge in [-0.1, -0.05) is 35.3 Å². The molecule has 1 saturated heterocycles. The molecule has 0 N–H and O–H groups in total. The Balaban J connectivity index is 1.80. The van der Waals surface area contributed by atoms with Crippen molar-refractivity contribution < 1.29 is 14.3 Å². The highest BCUT2D eigenvalue weighted by Gasteiger charge is 2.35. The Labute approximate surface area is 197 Å². The van der Waals surface area contributed by atoms with Gasteiger partial charge >= 0.3 is 0 Å². The molecular weight excluding hydrogens is 546 g/mol. The van der Waals surface area contributed by atoms with Crippen molar-refractivity contribution in [2.24, 2.45) is 0 Å². The largest absolute Gasteiger partial charge is 0.488 e. The monoisotopic (exact) mass is 560 g/mol. The van der Waals surface area contributed by atoms with Crippen molar-refractivity contribution in [1.82, 2.24) is 9.80 Å². The van der Waals surface area contributed by atoms with Crippen molar-refractivity contribution in [3.8, 4) is 5.75 Å². The van der Waals surface area contributed by atoms with E-state index in [1.807, 2.05) is 12.1 Å². The number of carbonyl (C=O) groups excluding carboxylic acids is 2. The minimum Gasteiger partial charge on any atom is -0.488 e. The fourth-order valence-electron chi connectivity index (χ4n) is 2.66. The summed E-state index contributed by atoms with van der Waals surface area (Å²) in [7, 11) is 3.09. The van der Waals surface area contributed by atoms with Crippen molar-refractivity contribution >= 4 is 81.0 Å². The summed E-state index contributed by atoms with van der Waals surface area (Å²) in [5.74, 6) is -0.188. The Morgan fingerprint density at radius 2 is 1.72 bits per heavy atom. The molecule has 1 heterocycles. The maximum absolute atomic E-state index is 12.4. The zero-order chi connectivity index (χ0) is 21.3. The molecule has 1 aliphatic rings. The molecule has 0 aromatic heterocycles. The van der Waals surface area contributed by atoms with Crippen LogP contribution in [0, 0.1) is 3.57 Å². The van der Waals surface area contributed by atoms with Crippen LogP contribution in [0.3, 0.4) is 0 Å². The predicted octanol–water partition coefficient (Wildman–Crippen LogP) is 4.78. The quantitative estimate of drug-likeness (QED) is 0.234. The Kier molecular flexibility index (Phi) is 6.83. The Hall–Kier alpha value is -1.68. The van der Waals surface area contributed by atoms with Crippen LogP contribution in [0.25, 0.3) is 6.08 Å². The summed E-state index contributed by atoms with van der Waals surface area (Å²) in [5.41, 5.74) is 1.58. The molecule has 0 spiro atoms. The number of carbonyl (C=O) groups is 2. The summed E-state index contributed by atoms with van der Waals surface area (Å²) >= 11 is 19.3. The first-order valence-electron chi connectivity index (χ1n) is 8.37. The second kappa shape index (κ2) is 8.99. The average Bonchev–Trinajstić information content (AvgIpc) is 2.68. The van der Waals surface area contributed by atoms with E-state index in [0.29, 0.717) is 21.4 Å². The number of likely N-dealkylation sites (N-methyl/N-ethyl adjacent to an activating group) is 2. The normalized spacial score (nSPS) is 14.5. The van der Waals surface area contributed by atoms with Crippen molar-refractivity contribution in [2.45, 2.75) is 6.61 Å². The molecule has 0 unspecified atom stereocenters. The lowest BCUT2D eigenvalue weighted by atomic mass is 10.1. The summed E-state index contributed by atoms with van der Waals surface area (Å²) in [5, 5.41) is 1.28. The van der Waals surface area contributed by atoms with Crippen LogP contribution in [0.5, 0.6) is 5.75 Å². The lowest BCUT2D eigenvalue weighted by Crippen LogP contribution is -2.52. The molecule has 2 aromatic rings. The van der Waals surface area contributed by atoms with Gasteiger partial charge in [0, 0.05) is 29.7 Å². The second-order valence-electron chi connectivity index (χ2n) is 6.28. The molecule has 1 aliphatic heterocycles. The molecule has 2 aromatic carbocycles. The fraction of sp³-hybridized carbons (Fsp3) is 0.150. The maximum Gasteiger partial charge on any atom is 0.265 e. The van der Waals surface area contributed by atoms with E-state index in [-0.39, 0.29) is 17.3 Å². The molecule has 3 rings (SSSR count). The van der Waals surface area contributed by atoms with Gasteiger partial charge in [0.25, 0.3) is 11.8 Å². The molecule has 0 saturated carbocycles. The highest BCUT2D eigenvalue weighted by molar-refractivity contribution is 14.1. The molecule has 0 radical (unpaired) electrons. The standard InChI is InChI=1S/C20H15Cl2IN2O3S/c1-24-18(26)14(19(27)25(2)20(24)29)7-11-3-6-17(16(23)8-11)28-10-12-4-5-13(21)9-15(12)22/h3-9H,10H2,1-2H3. The van der Waals surface area contributed by atoms with Crippen LogP contribution in [0.2, 0.25) is 10.0 Å². The first-order valence-corrected chi connectivity index (χ1v) is 10.6. The first-order chi connectivity index (χ1) is 13.7. The molecule has 0 atom stereocenters. The van der Waals surface area contributed by atoms with Gasteiger partial charge in [0.2, 0.25) is 0 Å². The van der Waals surface area contributed by atoms with Crippen molar-refractivity contribution in [3.05, 3.63) is 66.7 Å². The van der Waals surface area contributed by atoms with Crippen LogP contribution < -0.4 is 4.74 Å². The zero-order valence-electron chi connectivity index (χ0n) is 15.4. The van der Waals surface area contributed by atoms with Crippen LogP contribution in [0.15, 0.2) is 42.0 Å². The molecule has 150 valence electrons. The van der Waals surface area contributed by atoms with Crippen LogP contribution in [-0.2, 0) is 16.2 Å². The number of rotatable bonds is 4. The summed E-state index contributed by atoms with van der Waals surface area (Å²) in [6.45, 7) is 0.288. The third-order valence-electron chi connectivity index (χ3n) is 4.31. The maximum atomic E-state index is 12.4. The van der Waals surface area contributed by atoms with E-state index < -0.39 is 11.8 Å². The van der Waals surface area contributed by atoms with Crippen molar-refractivity contribution in [2.75, 3.05) is 14.1 Å². The summed E-state index contributed by atoms with van der Waals surface area (Å²) in [6.07, 6.45) is 1.56. The molecule has 0 bridgehead atoms. The van der Waals surface area contributed by atoms with E-state index in [2.05, 4.69) is 22.6 Å². The highest BCUT2D eigenvalue weighted by Crippen LogP contribution is 2.27. The number of halogens is 3. The molecule has 2 amide bonds. The van der Waals surface area contributed by atoms with E-state index in [0.717, 1.165) is 9.13 Å². The van der Waals surface area contributed by atoms with Crippen LogP contribution in [0.1, 0.15) is 11.1 Å². The minimum atomic E-state index is -0.425. The van der Waals surface area contributed by atoms with Crippen molar-refractivity contribution in [3.63, 3.8) is 0 Å². The van der Waals surface area contributed by atoms with Gasteiger partial charge in [-0.3, -0.25) is 19.4 Å². The van der Waals surface area contributed by atoms with E-state index in [1.165, 1.54) is 9.80 Å². The third kappa shape index (κ3) is 4.74. The van der Waals surface area contributed by atoms with E-state index in [9.17, 15) is 9.59 Å². The van der Waals surface area contributed by atoms with Gasteiger partial charge < -0.3 is 4.74 Å². The van der Waals surface area contributed by atoms with Gasteiger partial charge in [0.15, 0.2) is 5.11 Å². The van der Waals surface area contributed by atoms with Crippen LogP contribution >= 0.6 is 58.0 Å². The molecule has 0 aliphatic carbocycles. The second-order valence-corrected chi connectivity index (χ2v) is 8.65. The van der Waals surface area contributed by atoms with E-state index in [4.69, 9.17) is 40.2 Å². The lowest BCUT2D eigenvalue weighted by molar-refractivity contribution is -0.132. The number of thiocarbonyl (C=S) groups is 1. The van der Waals surface area contributed by atoms with Gasteiger partial charge in [0.1, 0.15) is 17.9 Å². The Morgan fingerprint density at radius 1 is 1.07 bits per heavy atom. The van der Waals surface area contributed by atoms with Crippen molar-refractivity contribution in [1.29, 1.82) is 0 Å². The van der Waals surface area contributed by atoms with Gasteiger partial charge in [-0.05, 0) is 70.7 Å². The number of nitrogens with zero attached hydrogens (tertiary/aromatic N) is 2. The van der Waals surface area contributed by atoms with Crippen LogP contribution in [-0.4, -0.2) is 40.8 Å². The average molecular weight is 561 g/mol. The SMILES string of the molecule is CN1C(=O)C(=Cc2ccc(OCc3ccc(Cl)cc3Cl)c(I)c2)C(=O)N(C)C1=S. The number of amides is 2. The van der Waals surface area contributed by atoms with Gasteiger partial charge in [0.05, 0.1) is 3.57 Å². The van der Waals surface area contributed by atoms with Gasteiger partial charge in [-0.15, -0.1) is 0 Å². The molecule has 29 heavy (non-hydrogen) atoms. The highest BCUT2D eigenvalue weighted by atomic mass is 127. The third-order valence-corrected chi connectivity index (χ3v) is 6.29. The van der Waals surface area contributed by atoms with E-state index in [1.54, 1.807) is 44.4 Å². The van der Waals surface area contributed by atoms with E-state index >= 15 is 0 Å². The number of ether oxygens (including phenoxy) is 1. The lowest BCUT2D eigenvalue weighted by Gasteiger charge is -2.31. The summed E-state index contributed by atoms with van der Waals surface area (Å²) in [4.78, 5) is 27.4. The predicted molar refractivity (Wildman–Crippen MR) is 126 cm³/mol. The Bertz CT molecular complexity index is 1030. The topological polar surface area (TPSA) is 49.9 Å². The fourth-order valence-corrected chi connectivity index (χ4v) is 3.98. The number of hydrogen-bond acceptors (Lipinski definition) is 4.